The van der Waals surface area contributed by atoms with Crippen LogP contribution in [-0.4, -0.2) is 9.13 Å². The van der Waals surface area contributed by atoms with E-state index in [4.69, 9.17) is 0 Å². The molecule has 2 heteroatoms. The summed E-state index contributed by atoms with van der Waals surface area (Å²) in [5.74, 6) is 0. The van der Waals surface area contributed by atoms with E-state index in [9.17, 15) is 0 Å². The predicted octanol–water partition coefficient (Wildman–Crippen LogP) is 17.0. The maximum absolute atomic E-state index is 2.43. The first-order chi connectivity index (χ1) is 31.8. The second kappa shape index (κ2) is 13.5. The van der Waals surface area contributed by atoms with E-state index in [1.54, 1.807) is 0 Å². The van der Waals surface area contributed by atoms with Gasteiger partial charge in [0.15, 0.2) is 0 Å². The quantitative estimate of drug-likeness (QED) is 0.157. The number of hydrogen-bond acceptors (Lipinski definition) is 0. The van der Waals surface area contributed by atoms with Gasteiger partial charge in [0.25, 0.3) is 0 Å². The number of aromatic nitrogens is 2. The highest BCUT2D eigenvalue weighted by molar-refractivity contribution is 6.39. The van der Waals surface area contributed by atoms with Gasteiger partial charge in [0, 0.05) is 32.9 Å². The summed E-state index contributed by atoms with van der Waals surface area (Å²) in [6, 6.07) is 85.3. The number of rotatable bonds is 4. The summed E-state index contributed by atoms with van der Waals surface area (Å²) in [6.07, 6.45) is 0. The molecule has 296 valence electrons. The Labute approximate surface area is 369 Å². The highest BCUT2D eigenvalue weighted by Crippen LogP contribution is 2.46. The van der Waals surface area contributed by atoms with Gasteiger partial charge >= 0.3 is 0 Å². The van der Waals surface area contributed by atoms with Crippen molar-refractivity contribution in [3.63, 3.8) is 0 Å². The molecule has 0 unspecified atom stereocenters. The zero-order valence-electron chi connectivity index (χ0n) is 34.8. The Morgan fingerprint density at radius 2 is 0.484 bits per heavy atom. The van der Waals surface area contributed by atoms with Crippen molar-refractivity contribution in [2.24, 2.45) is 0 Å². The zero-order chi connectivity index (χ0) is 41.9. The summed E-state index contributed by atoms with van der Waals surface area (Å²) in [5, 5.41) is 17.9. The Morgan fingerprint density at radius 1 is 0.188 bits per heavy atom. The standard InChI is InChI=1S/C62H38N2/c1-3-15-43(16-4-1)63-57-25-13-11-21-47(57)49-31-27-41(37-59(49)63)39-29-33-53-55(35-39)45-19-7-9-23-51(45)62-54-34-30-40(36-56(54)46-20-8-10-24-52(46)61(53)62)42-28-32-50-48-22-12-14-26-58(48)64(60(50)38-42)44-17-5-2-6-18-44/h1-38H. The van der Waals surface area contributed by atoms with Crippen molar-refractivity contribution >= 4 is 97.5 Å². The molecule has 0 atom stereocenters. The largest absolute Gasteiger partial charge is 0.309 e. The number of para-hydroxylation sites is 4. The third-order valence-electron chi connectivity index (χ3n) is 13.8. The molecule has 0 N–H and O–H groups in total. The normalized spacial score (nSPS) is 12.1. The summed E-state index contributed by atoms with van der Waals surface area (Å²) < 4.78 is 4.81. The molecule has 0 aliphatic rings. The van der Waals surface area contributed by atoms with Crippen molar-refractivity contribution in [1.29, 1.82) is 0 Å². The lowest BCUT2D eigenvalue weighted by Crippen LogP contribution is -1.93. The topological polar surface area (TPSA) is 9.86 Å². The van der Waals surface area contributed by atoms with E-state index < -0.39 is 0 Å². The smallest absolute Gasteiger partial charge is 0.0547 e. The van der Waals surface area contributed by atoms with E-state index in [0.717, 1.165) is 0 Å². The van der Waals surface area contributed by atoms with Gasteiger partial charge in [-0.05, 0) is 137 Å². The van der Waals surface area contributed by atoms with Gasteiger partial charge in [-0.2, -0.15) is 0 Å². The van der Waals surface area contributed by atoms with Gasteiger partial charge in [0.1, 0.15) is 0 Å². The molecule has 0 aliphatic carbocycles. The van der Waals surface area contributed by atoms with Crippen LogP contribution in [0.4, 0.5) is 0 Å². The fraction of sp³-hybridized carbons (Fsp3) is 0. The molecule has 2 aromatic heterocycles. The summed E-state index contributed by atoms with van der Waals surface area (Å²) in [6.45, 7) is 0. The Bertz CT molecular complexity index is 3950. The van der Waals surface area contributed by atoms with E-state index in [2.05, 4.69) is 240 Å². The van der Waals surface area contributed by atoms with Gasteiger partial charge in [0.05, 0.1) is 22.1 Å². The predicted molar refractivity (Wildman–Crippen MR) is 274 cm³/mol. The Balaban J connectivity index is 0.988. The Hall–Kier alpha value is -8.46. The van der Waals surface area contributed by atoms with E-state index >= 15 is 0 Å². The minimum Gasteiger partial charge on any atom is -0.309 e. The van der Waals surface area contributed by atoms with Gasteiger partial charge in [0.2, 0.25) is 0 Å². The molecule has 0 spiro atoms. The molecule has 0 saturated heterocycles. The number of fused-ring (bicyclic) bond motifs is 17. The molecule has 0 radical (unpaired) electrons. The molecule has 2 nitrogen and oxygen atoms in total. The lowest BCUT2D eigenvalue weighted by molar-refractivity contribution is 1.18. The second-order valence-corrected chi connectivity index (χ2v) is 17.2. The lowest BCUT2D eigenvalue weighted by Gasteiger charge is -2.18. The lowest BCUT2D eigenvalue weighted by atomic mass is 9.85. The highest BCUT2D eigenvalue weighted by atomic mass is 15.0. The monoisotopic (exact) mass is 810 g/mol. The average Bonchev–Trinajstić information content (AvgIpc) is 3.88. The fourth-order valence-corrected chi connectivity index (χ4v) is 11.0. The van der Waals surface area contributed by atoms with Crippen LogP contribution in [0, 0.1) is 0 Å². The van der Waals surface area contributed by atoms with Crippen LogP contribution in [0.3, 0.4) is 0 Å². The summed E-state index contributed by atoms with van der Waals surface area (Å²) in [5.41, 5.74) is 12.0. The van der Waals surface area contributed by atoms with Crippen LogP contribution < -0.4 is 0 Å². The zero-order valence-corrected chi connectivity index (χ0v) is 34.8. The molecule has 0 aliphatic heterocycles. The molecule has 0 amide bonds. The molecular weight excluding hydrogens is 773 g/mol. The molecule has 0 saturated carbocycles. The van der Waals surface area contributed by atoms with E-state index in [-0.39, 0.29) is 0 Å². The molecule has 0 bridgehead atoms. The minimum absolute atomic E-state index is 1.17. The van der Waals surface area contributed by atoms with Gasteiger partial charge < -0.3 is 9.13 Å². The van der Waals surface area contributed by atoms with Crippen LogP contribution in [0.25, 0.3) is 131 Å². The average molecular weight is 811 g/mol. The third kappa shape index (κ3) is 5.02. The van der Waals surface area contributed by atoms with Crippen LogP contribution in [0.2, 0.25) is 0 Å². The van der Waals surface area contributed by atoms with Gasteiger partial charge in [-0.1, -0.05) is 170 Å². The van der Waals surface area contributed by atoms with Crippen molar-refractivity contribution in [1.82, 2.24) is 9.13 Å². The van der Waals surface area contributed by atoms with Gasteiger partial charge in [-0.15, -0.1) is 0 Å². The molecule has 64 heavy (non-hydrogen) atoms. The first kappa shape index (κ1) is 35.2. The fourth-order valence-electron chi connectivity index (χ4n) is 11.0. The number of benzene rings is 12. The molecule has 14 rings (SSSR count). The van der Waals surface area contributed by atoms with E-state index in [0.29, 0.717) is 0 Å². The minimum atomic E-state index is 1.17. The highest BCUT2D eigenvalue weighted by Gasteiger charge is 2.19. The van der Waals surface area contributed by atoms with Crippen molar-refractivity contribution in [3.05, 3.63) is 231 Å². The van der Waals surface area contributed by atoms with E-state index in [1.807, 2.05) is 0 Å². The van der Waals surface area contributed by atoms with Gasteiger partial charge in [-0.25, -0.2) is 0 Å². The Morgan fingerprint density at radius 3 is 0.906 bits per heavy atom. The van der Waals surface area contributed by atoms with Crippen LogP contribution in [-0.2, 0) is 0 Å². The third-order valence-corrected chi connectivity index (χ3v) is 13.8. The maximum Gasteiger partial charge on any atom is 0.0547 e. The van der Waals surface area contributed by atoms with Crippen LogP contribution in [0.1, 0.15) is 0 Å². The molecule has 0 fully saturated rings. The van der Waals surface area contributed by atoms with Crippen molar-refractivity contribution in [2.75, 3.05) is 0 Å². The first-order valence-corrected chi connectivity index (χ1v) is 22.2. The molecule has 14 aromatic rings. The van der Waals surface area contributed by atoms with Crippen molar-refractivity contribution in [3.8, 4) is 33.6 Å². The molecular formula is C62H38N2. The summed E-state index contributed by atoms with van der Waals surface area (Å²) >= 11 is 0. The number of hydrogen-bond donors (Lipinski definition) is 0. The summed E-state index contributed by atoms with van der Waals surface area (Å²) in [4.78, 5) is 0. The Kier molecular flexibility index (Phi) is 7.43. The van der Waals surface area contributed by atoms with E-state index in [1.165, 1.54) is 131 Å². The summed E-state index contributed by atoms with van der Waals surface area (Å²) in [7, 11) is 0. The van der Waals surface area contributed by atoms with Crippen LogP contribution in [0.5, 0.6) is 0 Å². The van der Waals surface area contributed by atoms with Crippen molar-refractivity contribution < 1.29 is 0 Å². The number of nitrogens with zero attached hydrogens (tertiary/aromatic N) is 2. The maximum atomic E-state index is 2.43. The van der Waals surface area contributed by atoms with Crippen molar-refractivity contribution in [2.45, 2.75) is 0 Å². The molecule has 12 aromatic carbocycles. The van der Waals surface area contributed by atoms with Crippen LogP contribution >= 0.6 is 0 Å². The first-order valence-electron chi connectivity index (χ1n) is 22.2. The SMILES string of the molecule is c1ccc(-n2c3ccccc3c3ccc(-c4ccc5c(c4)c4ccccc4c4c6ccc(-c7ccc8c9ccccc9n(-c9ccccc9)c8c7)cc6c6ccccc6c54)cc32)cc1. The molecule has 2 heterocycles. The second-order valence-electron chi connectivity index (χ2n) is 17.2. The van der Waals surface area contributed by atoms with Gasteiger partial charge in [-0.3, -0.25) is 0 Å². The van der Waals surface area contributed by atoms with Crippen LogP contribution in [0.15, 0.2) is 231 Å².